The van der Waals surface area contributed by atoms with Gasteiger partial charge in [0.05, 0.1) is 6.10 Å². The summed E-state index contributed by atoms with van der Waals surface area (Å²) in [4.78, 5) is 10.4. The van der Waals surface area contributed by atoms with E-state index >= 15 is 0 Å². The van der Waals surface area contributed by atoms with E-state index in [2.05, 4.69) is 0 Å². The third-order valence-electron chi connectivity index (χ3n) is 1.30. The monoisotopic (exact) mass is 147 g/mol. The molecule has 1 atom stereocenters. The molecule has 0 saturated carbocycles. The van der Waals surface area contributed by atoms with E-state index in [-0.39, 0.29) is 12.0 Å². The standard InChI is InChI=1S/C6H13NO3/c1-5(10-2)3-4-6(8)7-9/h5,9H,3-4H2,1-2H3,(H,7,8). The Morgan fingerprint density at radius 1 is 1.80 bits per heavy atom. The lowest BCUT2D eigenvalue weighted by atomic mass is 10.2. The summed E-state index contributed by atoms with van der Waals surface area (Å²) in [6.45, 7) is 1.87. The Bertz CT molecular complexity index is 105. The zero-order valence-electron chi connectivity index (χ0n) is 6.26. The zero-order chi connectivity index (χ0) is 7.98. The maximum atomic E-state index is 10.4. The van der Waals surface area contributed by atoms with E-state index in [4.69, 9.17) is 9.94 Å². The second-order valence-corrected chi connectivity index (χ2v) is 2.12. The number of carbonyl (C=O) groups is 1. The molecule has 0 aliphatic heterocycles. The highest BCUT2D eigenvalue weighted by Gasteiger charge is 2.03. The zero-order valence-corrected chi connectivity index (χ0v) is 6.26. The van der Waals surface area contributed by atoms with Gasteiger partial charge in [0.15, 0.2) is 0 Å². The average molecular weight is 147 g/mol. The van der Waals surface area contributed by atoms with Crippen LogP contribution in [-0.2, 0) is 9.53 Å². The smallest absolute Gasteiger partial charge is 0.243 e. The minimum atomic E-state index is -0.371. The topological polar surface area (TPSA) is 58.6 Å². The van der Waals surface area contributed by atoms with Gasteiger partial charge in [0.25, 0.3) is 0 Å². The first kappa shape index (κ1) is 9.39. The molecule has 4 heteroatoms. The Kier molecular flexibility index (Phi) is 4.88. The van der Waals surface area contributed by atoms with Gasteiger partial charge in [0.2, 0.25) is 5.91 Å². The summed E-state index contributed by atoms with van der Waals surface area (Å²) in [7, 11) is 1.58. The van der Waals surface area contributed by atoms with E-state index in [1.54, 1.807) is 12.6 Å². The second kappa shape index (κ2) is 5.20. The fraction of sp³-hybridized carbons (Fsp3) is 0.833. The molecule has 0 heterocycles. The Morgan fingerprint density at radius 3 is 2.80 bits per heavy atom. The molecule has 10 heavy (non-hydrogen) atoms. The summed E-state index contributed by atoms with van der Waals surface area (Å²) < 4.78 is 4.88. The summed E-state index contributed by atoms with van der Waals surface area (Å²) in [6.07, 6.45) is 0.992. The van der Waals surface area contributed by atoms with Crippen molar-refractivity contribution in [3.8, 4) is 0 Å². The molecule has 1 amide bonds. The number of amides is 1. The van der Waals surface area contributed by atoms with Crippen LogP contribution < -0.4 is 5.48 Å². The van der Waals surface area contributed by atoms with Gasteiger partial charge in [-0.05, 0) is 13.3 Å². The van der Waals surface area contributed by atoms with E-state index in [0.717, 1.165) is 0 Å². The molecule has 0 aromatic rings. The summed E-state index contributed by atoms with van der Waals surface area (Å²) >= 11 is 0. The van der Waals surface area contributed by atoms with Gasteiger partial charge in [-0.3, -0.25) is 10.0 Å². The lowest BCUT2D eigenvalue weighted by Gasteiger charge is -2.06. The van der Waals surface area contributed by atoms with Gasteiger partial charge in [0, 0.05) is 13.5 Å². The molecule has 0 spiro atoms. The highest BCUT2D eigenvalue weighted by atomic mass is 16.5. The molecule has 0 aromatic carbocycles. The van der Waals surface area contributed by atoms with E-state index in [1.807, 2.05) is 6.92 Å². The number of methoxy groups -OCH3 is 1. The van der Waals surface area contributed by atoms with Crippen molar-refractivity contribution in [3.05, 3.63) is 0 Å². The Morgan fingerprint density at radius 2 is 2.40 bits per heavy atom. The van der Waals surface area contributed by atoms with Crippen molar-refractivity contribution in [3.63, 3.8) is 0 Å². The number of ether oxygens (including phenoxy) is 1. The lowest BCUT2D eigenvalue weighted by molar-refractivity contribution is -0.129. The molecular weight excluding hydrogens is 134 g/mol. The first-order valence-corrected chi connectivity index (χ1v) is 3.16. The van der Waals surface area contributed by atoms with Crippen molar-refractivity contribution < 1.29 is 14.7 Å². The van der Waals surface area contributed by atoms with Gasteiger partial charge in [-0.2, -0.15) is 0 Å². The largest absolute Gasteiger partial charge is 0.382 e. The fourth-order valence-electron chi connectivity index (χ4n) is 0.508. The molecule has 0 radical (unpaired) electrons. The minimum Gasteiger partial charge on any atom is -0.382 e. The lowest BCUT2D eigenvalue weighted by Crippen LogP contribution is -2.20. The highest BCUT2D eigenvalue weighted by Crippen LogP contribution is 1.98. The van der Waals surface area contributed by atoms with Crippen molar-refractivity contribution in [2.45, 2.75) is 25.9 Å². The Labute approximate surface area is 60.1 Å². The average Bonchev–Trinajstić information content (AvgIpc) is 1.99. The van der Waals surface area contributed by atoms with Gasteiger partial charge < -0.3 is 4.74 Å². The fourth-order valence-corrected chi connectivity index (χ4v) is 0.508. The molecule has 0 aliphatic carbocycles. The molecule has 0 rings (SSSR count). The molecule has 1 unspecified atom stereocenters. The third kappa shape index (κ3) is 4.29. The van der Waals surface area contributed by atoms with Gasteiger partial charge >= 0.3 is 0 Å². The van der Waals surface area contributed by atoms with Crippen LogP contribution in [-0.4, -0.2) is 24.3 Å². The highest BCUT2D eigenvalue weighted by molar-refractivity contribution is 5.74. The Hall–Kier alpha value is -0.610. The normalized spacial score (nSPS) is 12.7. The number of carbonyl (C=O) groups excluding carboxylic acids is 1. The van der Waals surface area contributed by atoms with Crippen molar-refractivity contribution in [2.24, 2.45) is 0 Å². The van der Waals surface area contributed by atoms with Crippen LogP contribution in [0, 0.1) is 0 Å². The van der Waals surface area contributed by atoms with Crippen LogP contribution in [0.25, 0.3) is 0 Å². The molecule has 0 fully saturated rings. The molecule has 0 saturated heterocycles. The predicted octanol–water partition coefficient (Wildman–Crippen LogP) is 0.307. The van der Waals surface area contributed by atoms with Crippen LogP contribution in [0.2, 0.25) is 0 Å². The van der Waals surface area contributed by atoms with Gasteiger partial charge in [-0.1, -0.05) is 0 Å². The number of rotatable bonds is 4. The predicted molar refractivity (Wildman–Crippen MR) is 35.6 cm³/mol. The van der Waals surface area contributed by atoms with E-state index < -0.39 is 0 Å². The van der Waals surface area contributed by atoms with Crippen LogP contribution in [0.3, 0.4) is 0 Å². The molecule has 0 aromatic heterocycles. The first-order chi connectivity index (χ1) is 4.70. The SMILES string of the molecule is COC(C)CCC(=O)NO. The summed E-state index contributed by atoms with van der Waals surface area (Å²) in [5, 5.41) is 8.08. The molecule has 4 nitrogen and oxygen atoms in total. The number of hydrogen-bond donors (Lipinski definition) is 2. The van der Waals surface area contributed by atoms with Crippen LogP contribution >= 0.6 is 0 Å². The molecule has 0 bridgehead atoms. The van der Waals surface area contributed by atoms with Crippen molar-refractivity contribution >= 4 is 5.91 Å². The number of hydroxylamine groups is 1. The van der Waals surface area contributed by atoms with Crippen LogP contribution in [0.5, 0.6) is 0 Å². The summed E-state index contributed by atoms with van der Waals surface area (Å²) in [5.74, 6) is -0.371. The Balaban J connectivity index is 3.26. The maximum absolute atomic E-state index is 10.4. The van der Waals surface area contributed by atoms with Crippen LogP contribution in [0.4, 0.5) is 0 Å². The molecule has 60 valence electrons. The summed E-state index contributed by atoms with van der Waals surface area (Å²) in [6, 6.07) is 0. The van der Waals surface area contributed by atoms with Gasteiger partial charge in [0.1, 0.15) is 0 Å². The third-order valence-corrected chi connectivity index (χ3v) is 1.30. The number of nitrogens with one attached hydrogen (secondary N) is 1. The van der Waals surface area contributed by atoms with Gasteiger partial charge in [-0.25, -0.2) is 5.48 Å². The van der Waals surface area contributed by atoms with Crippen molar-refractivity contribution in [1.82, 2.24) is 5.48 Å². The molecule has 2 N–H and O–H groups in total. The second-order valence-electron chi connectivity index (χ2n) is 2.12. The first-order valence-electron chi connectivity index (χ1n) is 3.16. The van der Waals surface area contributed by atoms with E-state index in [1.165, 1.54) is 0 Å². The van der Waals surface area contributed by atoms with Crippen LogP contribution in [0.15, 0.2) is 0 Å². The number of hydrogen-bond acceptors (Lipinski definition) is 3. The minimum absolute atomic E-state index is 0.0669. The van der Waals surface area contributed by atoms with E-state index in [9.17, 15) is 4.79 Å². The maximum Gasteiger partial charge on any atom is 0.243 e. The van der Waals surface area contributed by atoms with Crippen LogP contribution in [0.1, 0.15) is 19.8 Å². The molecule has 0 aliphatic rings. The quantitative estimate of drug-likeness (QED) is 0.444. The van der Waals surface area contributed by atoms with Gasteiger partial charge in [-0.15, -0.1) is 0 Å². The van der Waals surface area contributed by atoms with E-state index in [0.29, 0.717) is 12.8 Å². The van der Waals surface area contributed by atoms with Crippen molar-refractivity contribution in [2.75, 3.05) is 7.11 Å². The summed E-state index contributed by atoms with van der Waals surface area (Å²) in [5.41, 5.74) is 1.55. The molecular formula is C6H13NO3. The van der Waals surface area contributed by atoms with Crippen molar-refractivity contribution in [1.29, 1.82) is 0 Å².